The van der Waals surface area contributed by atoms with Gasteiger partial charge in [0.1, 0.15) is 0 Å². The molecular formula is C25H20N2O4. The summed E-state index contributed by atoms with van der Waals surface area (Å²) >= 11 is 0. The number of hydrogen-bond donors (Lipinski definition) is 2. The Labute approximate surface area is 178 Å². The van der Waals surface area contributed by atoms with Crippen LogP contribution >= 0.6 is 0 Å². The van der Waals surface area contributed by atoms with Crippen molar-refractivity contribution in [2.24, 2.45) is 0 Å². The first-order valence-corrected chi connectivity index (χ1v) is 10.2. The molecule has 0 fully saturated rings. The molecule has 2 N–H and O–H groups in total. The highest BCUT2D eigenvalue weighted by Gasteiger charge is 2.52. The fourth-order valence-corrected chi connectivity index (χ4v) is 4.80. The minimum Gasteiger partial charge on any atom is -0.454 e. The van der Waals surface area contributed by atoms with Crippen LogP contribution in [0.5, 0.6) is 11.5 Å². The lowest BCUT2D eigenvalue weighted by molar-refractivity contribution is -0.132. The van der Waals surface area contributed by atoms with Gasteiger partial charge in [0.2, 0.25) is 6.79 Å². The molecule has 6 heteroatoms. The number of aromatic amines is 1. The Morgan fingerprint density at radius 3 is 2.71 bits per heavy atom. The quantitative estimate of drug-likeness (QED) is 0.534. The molecule has 3 heterocycles. The van der Waals surface area contributed by atoms with Crippen LogP contribution in [0.15, 0.2) is 66.7 Å². The highest BCUT2D eigenvalue weighted by atomic mass is 16.7. The normalized spacial score (nSPS) is 19.3. The summed E-state index contributed by atoms with van der Waals surface area (Å²) in [5, 5.41) is 12.8. The van der Waals surface area contributed by atoms with Gasteiger partial charge >= 0.3 is 0 Å². The van der Waals surface area contributed by atoms with Gasteiger partial charge in [-0.25, -0.2) is 0 Å². The van der Waals surface area contributed by atoms with E-state index in [-0.39, 0.29) is 12.7 Å². The molecule has 1 amide bonds. The fourth-order valence-electron chi connectivity index (χ4n) is 4.80. The molecule has 31 heavy (non-hydrogen) atoms. The van der Waals surface area contributed by atoms with Crippen molar-refractivity contribution in [1.29, 1.82) is 0 Å². The van der Waals surface area contributed by atoms with E-state index in [2.05, 4.69) is 4.98 Å². The zero-order valence-corrected chi connectivity index (χ0v) is 16.9. The van der Waals surface area contributed by atoms with E-state index in [0.29, 0.717) is 34.9 Å². The van der Waals surface area contributed by atoms with E-state index >= 15 is 0 Å². The zero-order chi connectivity index (χ0) is 21.2. The number of fused-ring (bicyclic) bond motifs is 3. The smallest absolute Gasteiger partial charge is 0.268 e. The minimum atomic E-state index is -1.77. The van der Waals surface area contributed by atoms with Crippen molar-refractivity contribution in [1.82, 2.24) is 4.98 Å². The summed E-state index contributed by atoms with van der Waals surface area (Å²) in [5.74, 6) is 1.00. The Bertz CT molecular complexity index is 1360. The second-order valence-electron chi connectivity index (χ2n) is 7.98. The maximum Gasteiger partial charge on any atom is 0.268 e. The Kier molecular flexibility index (Phi) is 3.70. The number of hydrogen-bond acceptors (Lipinski definition) is 4. The van der Waals surface area contributed by atoms with Gasteiger partial charge in [0, 0.05) is 27.7 Å². The van der Waals surface area contributed by atoms with E-state index in [1.807, 2.05) is 73.7 Å². The van der Waals surface area contributed by atoms with Crippen molar-refractivity contribution in [3.8, 4) is 11.5 Å². The number of carbonyl (C=O) groups is 1. The number of nitrogens with one attached hydrogen (secondary N) is 1. The van der Waals surface area contributed by atoms with E-state index < -0.39 is 5.60 Å². The van der Waals surface area contributed by atoms with Crippen molar-refractivity contribution >= 4 is 22.5 Å². The monoisotopic (exact) mass is 412 g/mol. The number of rotatable bonds is 3. The molecule has 0 aliphatic carbocycles. The molecule has 154 valence electrons. The minimum absolute atomic E-state index is 0.198. The number of H-pyrrole nitrogens is 1. The largest absolute Gasteiger partial charge is 0.454 e. The molecule has 0 radical (unpaired) electrons. The Morgan fingerprint density at radius 1 is 1.03 bits per heavy atom. The molecule has 6 nitrogen and oxygen atoms in total. The van der Waals surface area contributed by atoms with Gasteiger partial charge in [-0.1, -0.05) is 42.5 Å². The third-order valence-corrected chi connectivity index (χ3v) is 6.17. The summed E-state index contributed by atoms with van der Waals surface area (Å²) in [5.41, 5.74) is 2.70. The van der Waals surface area contributed by atoms with Crippen LogP contribution in [0, 0.1) is 6.92 Å². The topological polar surface area (TPSA) is 74.8 Å². The number of para-hydroxylation sites is 2. The van der Waals surface area contributed by atoms with E-state index in [4.69, 9.17) is 9.47 Å². The molecule has 3 aromatic carbocycles. The molecule has 0 saturated heterocycles. The molecule has 1 aromatic heterocycles. The van der Waals surface area contributed by atoms with Crippen LogP contribution in [-0.2, 0) is 16.9 Å². The van der Waals surface area contributed by atoms with Crippen LogP contribution in [0.2, 0.25) is 0 Å². The average molecular weight is 412 g/mol. The number of aryl methyl sites for hydroxylation is 1. The van der Waals surface area contributed by atoms with Crippen molar-refractivity contribution in [2.45, 2.75) is 19.1 Å². The van der Waals surface area contributed by atoms with Gasteiger partial charge in [0.15, 0.2) is 17.1 Å². The van der Waals surface area contributed by atoms with E-state index in [9.17, 15) is 9.90 Å². The highest BCUT2D eigenvalue weighted by molar-refractivity contribution is 6.11. The lowest BCUT2D eigenvalue weighted by Crippen LogP contribution is -2.41. The lowest BCUT2D eigenvalue weighted by Gasteiger charge is -2.24. The van der Waals surface area contributed by atoms with Crippen LogP contribution in [0.25, 0.3) is 10.9 Å². The third kappa shape index (κ3) is 2.45. The first-order chi connectivity index (χ1) is 15.1. The molecule has 1 atom stereocenters. The van der Waals surface area contributed by atoms with Gasteiger partial charge in [-0.05, 0) is 36.8 Å². The molecular weight excluding hydrogens is 392 g/mol. The highest BCUT2D eigenvalue weighted by Crippen LogP contribution is 2.48. The molecule has 0 unspecified atom stereocenters. The van der Waals surface area contributed by atoms with Crippen molar-refractivity contribution in [2.75, 3.05) is 11.7 Å². The zero-order valence-electron chi connectivity index (χ0n) is 16.9. The lowest BCUT2D eigenvalue weighted by atomic mass is 9.85. The number of amides is 1. The molecule has 2 aliphatic rings. The van der Waals surface area contributed by atoms with Gasteiger partial charge in [0.25, 0.3) is 5.91 Å². The Morgan fingerprint density at radius 2 is 1.81 bits per heavy atom. The third-order valence-electron chi connectivity index (χ3n) is 6.17. The van der Waals surface area contributed by atoms with Crippen LogP contribution < -0.4 is 14.4 Å². The van der Waals surface area contributed by atoms with Crippen molar-refractivity contribution in [3.05, 3.63) is 89.1 Å². The van der Waals surface area contributed by atoms with Crippen LogP contribution in [-0.4, -0.2) is 22.8 Å². The summed E-state index contributed by atoms with van der Waals surface area (Å²) in [7, 11) is 0. The van der Waals surface area contributed by atoms with Crippen molar-refractivity contribution in [3.63, 3.8) is 0 Å². The second kappa shape index (κ2) is 6.36. The van der Waals surface area contributed by atoms with E-state index in [1.54, 1.807) is 4.90 Å². The molecule has 2 aliphatic heterocycles. The Balaban J connectivity index is 1.49. The van der Waals surface area contributed by atoms with Crippen LogP contribution in [0.4, 0.5) is 5.69 Å². The number of aliphatic hydroxyl groups is 1. The van der Waals surface area contributed by atoms with E-state index in [0.717, 1.165) is 22.2 Å². The summed E-state index contributed by atoms with van der Waals surface area (Å²) in [6.45, 7) is 2.41. The Hall–Kier alpha value is -3.77. The SMILES string of the molecule is Cc1[nH]c2ccccc2c1[C@@]1(O)C(=O)N(Cc2ccc3c(c2)OCO3)c2ccccc21. The molecule has 6 rings (SSSR count). The number of aromatic nitrogens is 1. The average Bonchev–Trinajstić information content (AvgIpc) is 3.44. The molecule has 0 spiro atoms. The molecule has 0 bridgehead atoms. The number of anilines is 1. The first-order valence-electron chi connectivity index (χ1n) is 10.2. The summed E-state index contributed by atoms with van der Waals surface area (Å²) in [6, 6.07) is 20.8. The summed E-state index contributed by atoms with van der Waals surface area (Å²) < 4.78 is 10.9. The number of benzene rings is 3. The maximum absolute atomic E-state index is 13.8. The maximum atomic E-state index is 13.8. The predicted octanol–water partition coefficient (Wildman–Crippen LogP) is 3.99. The van der Waals surface area contributed by atoms with Crippen LogP contribution in [0.3, 0.4) is 0 Å². The first kappa shape index (κ1) is 18.0. The molecule has 4 aromatic rings. The number of ether oxygens (including phenoxy) is 2. The standard InChI is InChI=1S/C25H20N2O4/c1-15-23(17-6-2-4-8-19(17)26-15)25(29)18-7-3-5-9-20(18)27(24(25)28)13-16-10-11-21-22(12-16)31-14-30-21/h2-12,26,29H,13-14H2,1H3/t25-/m1/s1. The number of carbonyl (C=O) groups excluding carboxylic acids is 1. The summed E-state index contributed by atoms with van der Waals surface area (Å²) in [4.78, 5) is 18.8. The van der Waals surface area contributed by atoms with Gasteiger partial charge < -0.3 is 24.5 Å². The van der Waals surface area contributed by atoms with Gasteiger partial charge in [-0.3, -0.25) is 4.79 Å². The number of nitrogens with zero attached hydrogens (tertiary/aromatic N) is 1. The molecule has 0 saturated carbocycles. The van der Waals surface area contributed by atoms with E-state index in [1.165, 1.54) is 0 Å². The van der Waals surface area contributed by atoms with Gasteiger partial charge in [-0.2, -0.15) is 0 Å². The van der Waals surface area contributed by atoms with Gasteiger partial charge in [0.05, 0.1) is 12.2 Å². The summed E-state index contributed by atoms with van der Waals surface area (Å²) in [6.07, 6.45) is 0. The van der Waals surface area contributed by atoms with Crippen molar-refractivity contribution < 1.29 is 19.4 Å². The van der Waals surface area contributed by atoms with Crippen LogP contribution in [0.1, 0.15) is 22.4 Å². The van der Waals surface area contributed by atoms with Gasteiger partial charge in [-0.15, -0.1) is 0 Å². The fraction of sp³-hybridized carbons (Fsp3) is 0.160. The predicted molar refractivity (Wildman–Crippen MR) is 116 cm³/mol. The second-order valence-corrected chi connectivity index (χ2v) is 7.98.